The monoisotopic (exact) mass is 1140 g/mol. The van der Waals surface area contributed by atoms with Crippen molar-refractivity contribution in [3.63, 3.8) is 0 Å². The number of phosphoric acid groups is 2. The number of phosphoric ester groups is 2. The number of amides is 1. The predicted molar refractivity (Wildman–Crippen MR) is 272 cm³/mol. The number of H-pyrrole nitrogens is 1. The van der Waals surface area contributed by atoms with Gasteiger partial charge in [0, 0.05) is 12.3 Å². The number of nitrogens with two attached hydrogens (primary N) is 1. The number of hydrogen-bond acceptors (Lipinski definition) is 22. The lowest BCUT2D eigenvalue weighted by Crippen LogP contribution is -2.65. The lowest BCUT2D eigenvalue weighted by Gasteiger charge is -2.43. The molecule has 29 heteroatoms. The second-order valence-electron chi connectivity index (χ2n) is 19.5. The van der Waals surface area contributed by atoms with Crippen LogP contribution < -0.4 is 22.3 Å². The van der Waals surface area contributed by atoms with E-state index in [0.29, 0.717) is 12.8 Å². The van der Waals surface area contributed by atoms with Crippen molar-refractivity contribution in [2.45, 2.75) is 228 Å². The molecule has 2 aliphatic rings. The molecular formula is C47H88N4O23P2. The second kappa shape index (κ2) is 36.6. The first-order valence-electron chi connectivity index (χ1n) is 26.4. The number of esters is 1. The van der Waals surface area contributed by atoms with Crippen molar-refractivity contribution in [2.75, 3.05) is 33.0 Å². The summed E-state index contributed by atoms with van der Waals surface area (Å²) in [6.45, 7) is 0.989. The maximum absolute atomic E-state index is 13.4. The highest BCUT2D eigenvalue weighted by Gasteiger charge is 2.52. The summed E-state index contributed by atoms with van der Waals surface area (Å²) in [5.74, 6) is -1.98. The Morgan fingerprint density at radius 3 is 1.71 bits per heavy atom. The Labute approximate surface area is 443 Å². The fourth-order valence-corrected chi connectivity index (χ4v) is 10.4. The van der Waals surface area contributed by atoms with E-state index in [-0.39, 0.29) is 12.8 Å². The van der Waals surface area contributed by atoms with Crippen molar-refractivity contribution in [3.05, 3.63) is 33.1 Å². The van der Waals surface area contributed by atoms with Gasteiger partial charge in [0.15, 0.2) is 18.6 Å². The predicted octanol–water partition coefficient (Wildman–Crippen LogP) is 0.886. The summed E-state index contributed by atoms with van der Waals surface area (Å²) in [6.07, 6.45) is 1.76. The largest absolute Gasteiger partial charge is 0.483 e. The molecule has 1 aromatic heterocycles. The third-order valence-electron chi connectivity index (χ3n) is 12.8. The number of aromatic amines is 1. The molecule has 76 heavy (non-hydrogen) atoms. The van der Waals surface area contributed by atoms with E-state index >= 15 is 0 Å². The first-order chi connectivity index (χ1) is 36.0. The summed E-state index contributed by atoms with van der Waals surface area (Å²) in [5, 5.41) is 91.1. The van der Waals surface area contributed by atoms with E-state index in [0.717, 1.165) is 93.9 Å². The number of carbonyl (C=O) groups is 2. The number of hydrogen-bond donors (Lipinski definition) is 14. The van der Waals surface area contributed by atoms with Gasteiger partial charge in [-0.1, -0.05) is 129 Å². The highest BCUT2D eigenvalue weighted by atomic mass is 31.3. The van der Waals surface area contributed by atoms with Crippen molar-refractivity contribution in [1.82, 2.24) is 14.9 Å². The van der Waals surface area contributed by atoms with Gasteiger partial charge in [0.25, 0.3) is 5.56 Å². The van der Waals surface area contributed by atoms with Crippen molar-refractivity contribution < 1.29 is 102 Å². The Hall–Kier alpha value is -2.60. The molecule has 444 valence electrons. The van der Waals surface area contributed by atoms with Crippen LogP contribution in [-0.4, -0.2) is 177 Å². The molecule has 2 aliphatic heterocycles. The van der Waals surface area contributed by atoms with Crippen molar-refractivity contribution >= 4 is 27.5 Å². The quantitative estimate of drug-likeness (QED) is 0.0248. The molecule has 0 aromatic carbocycles. The zero-order chi connectivity index (χ0) is 56.9. The van der Waals surface area contributed by atoms with Gasteiger partial charge in [0.1, 0.15) is 36.6 Å². The van der Waals surface area contributed by atoms with Gasteiger partial charge in [-0.05, 0) is 12.8 Å². The maximum atomic E-state index is 13.4. The molecule has 27 nitrogen and oxygen atoms in total. The van der Waals surface area contributed by atoms with Crippen LogP contribution in [0.4, 0.5) is 0 Å². The minimum absolute atomic E-state index is 0.245. The summed E-state index contributed by atoms with van der Waals surface area (Å²) < 4.78 is 57.8. The summed E-state index contributed by atoms with van der Waals surface area (Å²) in [4.78, 5) is 73.5. The van der Waals surface area contributed by atoms with Gasteiger partial charge in [-0.3, -0.25) is 33.0 Å². The number of rotatable bonds is 38. The fourth-order valence-electron chi connectivity index (χ4n) is 8.23. The number of nitrogens with one attached hydrogen (secondary N) is 2. The Kier molecular flexibility index (Phi) is 33.5. The molecule has 13 atom stereocenters. The van der Waals surface area contributed by atoms with E-state index in [9.17, 15) is 68.7 Å². The molecule has 2 unspecified atom stereocenters. The molecule has 2 saturated heterocycles. The first-order valence-corrected chi connectivity index (χ1v) is 29.4. The third-order valence-corrected chi connectivity index (χ3v) is 15.4. The van der Waals surface area contributed by atoms with Gasteiger partial charge in [0.2, 0.25) is 5.91 Å². The van der Waals surface area contributed by atoms with E-state index in [1.807, 2.05) is 4.98 Å². The third kappa shape index (κ3) is 26.1. The standard InChI is InChI=1S/C43H77N3O20P2.C4H11NO3/c1-3-5-7-9-11-13-15-17-19-21-29(48)25-34(51)44-36-40(64-35(52)26-30(49)22-20-18-16-14-12-10-8-6-4-2)38(54)31(27-47)63-42(36)65-68(59,60)66-67(57,58)61-28-32-37(53)39(55)41(62-32)46-24-23-33(50)45-43(46)56;5-4(1-6,2-7)3-8/h23-24,29-32,36-42,47-49,53-55H,3-22,25-28H2,1-2H3,(H,44,51)(H,57,58)(H,59,60)(H,45,50,56);6-8H,1-3,5H2/t29-,30-,31-,32-,36-,37-,38-,39-,40-,41-,42-;/m1./s1. The van der Waals surface area contributed by atoms with Gasteiger partial charge < -0.3 is 81.0 Å². The van der Waals surface area contributed by atoms with Crippen LogP contribution in [0, 0.1) is 0 Å². The molecule has 0 radical (unpaired) electrons. The molecule has 1 amide bonds. The molecule has 0 spiro atoms. The molecule has 1 aromatic rings. The minimum atomic E-state index is -5.89. The number of carbonyl (C=O) groups excluding carboxylic acids is 2. The second-order valence-corrected chi connectivity index (χ2v) is 22.5. The van der Waals surface area contributed by atoms with Gasteiger partial charge in [0.05, 0.1) is 63.6 Å². The molecule has 0 saturated carbocycles. The molecule has 0 aliphatic carbocycles. The molecular weight excluding hydrogens is 1050 g/mol. The van der Waals surface area contributed by atoms with Crippen molar-refractivity contribution in [3.8, 4) is 0 Å². The molecule has 0 bridgehead atoms. The topological polar surface area (TPSA) is 439 Å². The van der Waals surface area contributed by atoms with Crippen LogP contribution in [0.2, 0.25) is 0 Å². The minimum Gasteiger partial charge on any atom is -0.457 e. The number of aliphatic hydroxyl groups is 9. The normalized spacial score (nSPS) is 25.2. The number of nitrogens with zero attached hydrogens (tertiary/aromatic N) is 1. The Bertz CT molecular complexity index is 1990. The van der Waals surface area contributed by atoms with Crippen LogP contribution in [0.5, 0.6) is 0 Å². The molecule has 2 fully saturated rings. The average molecular weight is 1140 g/mol. The Morgan fingerprint density at radius 1 is 0.737 bits per heavy atom. The van der Waals surface area contributed by atoms with E-state index in [1.54, 1.807) is 0 Å². The van der Waals surface area contributed by atoms with Crippen molar-refractivity contribution in [2.24, 2.45) is 5.73 Å². The zero-order valence-electron chi connectivity index (χ0n) is 43.8. The highest BCUT2D eigenvalue weighted by Crippen LogP contribution is 2.61. The lowest BCUT2D eigenvalue weighted by atomic mass is 9.96. The van der Waals surface area contributed by atoms with Crippen LogP contribution >= 0.6 is 15.6 Å². The SMILES string of the molecule is CCCCCCCCCCC[C@@H](O)CC(=O)N[C@H]1[C@@H](OP(=O)(O)OP(=O)(O)OC[C@H]2O[C@@H](n3ccc(=O)[nH]c3=O)[C@H](O)[C@@H]2O)O[C@H](CO)[C@@H](O)[C@@H]1OC(=O)C[C@H](O)CCCCCCCCCCC.NC(CO)(CO)CO. The van der Waals surface area contributed by atoms with Gasteiger partial charge in [-0.15, -0.1) is 0 Å². The van der Waals surface area contributed by atoms with Gasteiger partial charge in [-0.2, -0.15) is 4.31 Å². The summed E-state index contributed by atoms with van der Waals surface area (Å²) in [6, 6.07) is -0.977. The summed E-state index contributed by atoms with van der Waals surface area (Å²) in [5.41, 5.74) is 2.14. The maximum Gasteiger partial charge on any atom is 0.483 e. The molecule has 15 N–H and O–H groups in total. The van der Waals surface area contributed by atoms with Crippen LogP contribution in [0.25, 0.3) is 0 Å². The van der Waals surface area contributed by atoms with E-state index in [2.05, 4.69) is 23.5 Å². The van der Waals surface area contributed by atoms with E-state index in [4.69, 9.17) is 44.3 Å². The number of unbranched alkanes of at least 4 members (excludes halogenated alkanes) is 16. The first kappa shape index (κ1) is 69.5. The summed E-state index contributed by atoms with van der Waals surface area (Å²) >= 11 is 0. The average Bonchev–Trinajstić information content (AvgIpc) is 3.64. The Morgan fingerprint density at radius 2 is 1.24 bits per heavy atom. The highest BCUT2D eigenvalue weighted by molar-refractivity contribution is 7.61. The lowest BCUT2D eigenvalue weighted by molar-refractivity contribution is -0.253. The van der Waals surface area contributed by atoms with Crippen LogP contribution in [-0.2, 0) is 46.3 Å². The Balaban J connectivity index is 0.00000227. The number of aromatic nitrogens is 2. The molecule has 3 rings (SSSR count). The number of aliphatic hydroxyl groups excluding tert-OH is 9. The van der Waals surface area contributed by atoms with Crippen LogP contribution in [0.15, 0.2) is 21.9 Å². The van der Waals surface area contributed by atoms with E-state index in [1.165, 1.54) is 25.7 Å². The fraction of sp³-hybridized carbons (Fsp3) is 0.872. The van der Waals surface area contributed by atoms with E-state index < -0.39 is 158 Å². The number of ether oxygens (including phenoxy) is 3. The van der Waals surface area contributed by atoms with Crippen LogP contribution in [0.3, 0.4) is 0 Å². The van der Waals surface area contributed by atoms with Gasteiger partial charge >= 0.3 is 27.3 Å². The van der Waals surface area contributed by atoms with Crippen molar-refractivity contribution in [1.29, 1.82) is 0 Å². The zero-order valence-corrected chi connectivity index (χ0v) is 45.6. The summed E-state index contributed by atoms with van der Waals surface area (Å²) in [7, 11) is -11.6. The smallest absolute Gasteiger partial charge is 0.457 e. The van der Waals surface area contributed by atoms with Crippen LogP contribution in [0.1, 0.15) is 161 Å². The molecule has 3 heterocycles. The van der Waals surface area contributed by atoms with Gasteiger partial charge in [-0.25, -0.2) is 13.9 Å².